The molecule has 0 aliphatic carbocycles. The number of anilines is 1. The van der Waals surface area contributed by atoms with Crippen LogP contribution in [0.3, 0.4) is 0 Å². The number of nitrogens with zero attached hydrogens (tertiary/aromatic N) is 1. The molecule has 5 nitrogen and oxygen atoms in total. The molecule has 2 aromatic rings. The van der Waals surface area contributed by atoms with E-state index in [0.29, 0.717) is 11.1 Å². The van der Waals surface area contributed by atoms with E-state index >= 15 is 0 Å². The van der Waals surface area contributed by atoms with Crippen molar-refractivity contribution in [2.24, 2.45) is 0 Å². The van der Waals surface area contributed by atoms with E-state index in [1.165, 1.54) is 12.4 Å². The highest BCUT2D eigenvalue weighted by molar-refractivity contribution is 6.06. The molecule has 114 valence electrons. The zero-order valence-corrected chi connectivity index (χ0v) is 12.9. The van der Waals surface area contributed by atoms with E-state index in [1.807, 2.05) is 45.0 Å². The first kappa shape index (κ1) is 15.7. The van der Waals surface area contributed by atoms with Gasteiger partial charge in [0.15, 0.2) is 0 Å². The number of aromatic nitrogens is 1. The Morgan fingerprint density at radius 2 is 1.68 bits per heavy atom. The highest BCUT2D eigenvalue weighted by Gasteiger charge is 2.12. The van der Waals surface area contributed by atoms with Gasteiger partial charge in [-0.1, -0.05) is 18.2 Å². The van der Waals surface area contributed by atoms with Crippen molar-refractivity contribution in [1.29, 1.82) is 0 Å². The summed E-state index contributed by atoms with van der Waals surface area (Å²) in [5.74, 6) is -0.533. The van der Waals surface area contributed by atoms with Gasteiger partial charge in [0.2, 0.25) is 0 Å². The molecule has 2 amide bonds. The summed E-state index contributed by atoms with van der Waals surface area (Å²) < 4.78 is 0. The third-order valence-corrected chi connectivity index (χ3v) is 3.08. The van der Waals surface area contributed by atoms with Crippen LogP contribution in [0.2, 0.25) is 0 Å². The van der Waals surface area contributed by atoms with E-state index in [0.717, 1.165) is 11.3 Å². The Kier molecular flexibility index (Phi) is 4.88. The van der Waals surface area contributed by atoms with Crippen LogP contribution in [-0.4, -0.2) is 22.8 Å². The Labute approximate surface area is 129 Å². The minimum atomic E-state index is -0.291. The number of para-hydroxylation sites is 1. The molecule has 0 unspecified atom stereocenters. The molecular weight excluding hydrogens is 278 g/mol. The van der Waals surface area contributed by atoms with E-state index in [2.05, 4.69) is 15.6 Å². The molecule has 2 rings (SSSR count). The van der Waals surface area contributed by atoms with E-state index in [-0.39, 0.29) is 17.9 Å². The fraction of sp³-hybridized carbons (Fsp3) is 0.235. The zero-order valence-electron chi connectivity index (χ0n) is 12.9. The lowest BCUT2D eigenvalue weighted by atomic mass is 10.1. The number of hydrogen-bond donors (Lipinski definition) is 2. The minimum absolute atomic E-state index is 0.0250. The summed E-state index contributed by atoms with van der Waals surface area (Å²) in [5.41, 5.74) is 2.42. The summed E-state index contributed by atoms with van der Waals surface area (Å²) in [5, 5.41) is 5.60. The maximum absolute atomic E-state index is 12.3. The molecule has 0 saturated heterocycles. The maximum atomic E-state index is 12.3. The smallest absolute Gasteiger partial charge is 0.257 e. The molecule has 0 bridgehead atoms. The Bertz CT molecular complexity index is 696. The molecule has 22 heavy (non-hydrogen) atoms. The standard InChI is InChI=1S/C17H19N3O2/c1-11(2)19-16(21)13-8-14(10-18-9-13)17(22)20-15-7-5-4-6-12(15)3/h4-11H,1-3H3,(H,19,21)(H,20,22). The van der Waals surface area contributed by atoms with E-state index in [1.54, 1.807) is 6.07 Å². The molecule has 5 heteroatoms. The van der Waals surface area contributed by atoms with Gasteiger partial charge >= 0.3 is 0 Å². The van der Waals surface area contributed by atoms with Crippen LogP contribution in [0.1, 0.15) is 40.1 Å². The lowest BCUT2D eigenvalue weighted by Crippen LogP contribution is -2.30. The third kappa shape index (κ3) is 3.91. The summed E-state index contributed by atoms with van der Waals surface area (Å²) in [6.07, 6.45) is 2.89. The monoisotopic (exact) mass is 297 g/mol. The molecule has 0 aliphatic rings. The van der Waals surface area contributed by atoms with Gasteiger partial charge in [-0.25, -0.2) is 0 Å². The molecule has 1 heterocycles. The van der Waals surface area contributed by atoms with E-state index < -0.39 is 0 Å². The maximum Gasteiger partial charge on any atom is 0.257 e. The van der Waals surface area contributed by atoms with Crippen molar-refractivity contribution in [2.75, 3.05) is 5.32 Å². The summed E-state index contributed by atoms with van der Waals surface area (Å²) in [4.78, 5) is 28.2. The summed E-state index contributed by atoms with van der Waals surface area (Å²) in [6.45, 7) is 5.67. The topological polar surface area (TPSA) is 71.1 Å². The molecule has 0 spiro atoms. The van der Waals surface area contributed by atoms with Gasteiger partial charge < -0.3 is 10.6 Å². The van der Waals surface area contributed by atoms with Gasteiger partial charge in [-0.2, -0.15) is 0 Å². The quantitative estimate of drug-likeness (QED) is 0.911. The second kappa shape index (κ2) is 6.85. The SMILES string of the molecule is Cc1ccccc1NC(=O)c1cncc(C(=O)NC(C)C)c1. The average Bonchev–Trinajstić information content (AvgIpc) is 2.49. The second-order valence-corrected chi connectivity index (χ2v) is 5.36. The number of carbonyl (C=O) groups is 2. The predicted molar refractivity (Wildman–Crippen MR) is 86.0 cm³/mol. The van der Waals surface area contributed by atoms with E-state index in [9.17, 15) is 9.59 Å². The number of rotatable bonds is 4. The number of aryl methyl sites for hydroxylation is 1. The normalized spacial score (nSPS) is 10.4. The van der Waals surface area contributed by atoms with Crippen LogP contribution in [0.25, 0.3) is 0 Å². The predicted octanol–water partition coefficient (Wildman–Crippen LogP) is 2.78. The summed E-state index contributed by atoms with van der Waals surface area (Å²) in [7, 11) is 0. The first-order valence-corrected chi connectivity index (χ1v) is 7.10. The van der Waals surface area contributed by atoms with Crippen molar-refractivity contribution < 1.29 is 9.59 Å². The average molecular weight is 297 g/mol. The highest BCUT2D eigenvalue weighted by atomic mass is 16.2. The van der Waals surface area contributed by atoms with Gasteiger partial charge in [-0.05, 0) is 38.5 Å². The lowest BCUT2D eigenvalue weighted by Gasteiger charge is -2.10. The van der Waals surface area contributed by atoms with Crippen molar-refractivity contribution in [3.8, 4) is 0 Å². The van der Waals surface area contributed by atoms with Crippen LogP contribution in [0.5, 0.6) is 0 Å². The lowest BCUT2D eigenvalue weighted by molar-refractivity contribution is 0.0942. The van der Waals surface area contributed by atoms with Crippen LogP contribution >= 0.6 is 0 Å². The number of amides is 2. The van der Waals surface area contributed by atoms with Gasteiger partial charge in [-0.3, -0.25) is 14.6 Å². The number of carbonyl (C=O) groups excluding carboxylic acids is 2. The largest absolute Gasteiger partial charge is 0.350 e. The Hall–Kier alpha value is -2.69. The van der Waals surface area contributed by atoms with Crippen LogP contribution in [0.4, 0.5) is 5.69 Å². The molecule has 0 fully saturated rings. The van der Waals surface area contributed by atoms with Crippen molar-refractivity contribution >= 4 is 17.5 Å². The molecule has 0 aliphatic heterocycles. The van der Waals surface area contributed by atoms with Crippen molar-refractivity contribution in [3.05, 3.63) is 59.4 Å². The van der Waals surface area contributed by atoms with Gasteiger partial charge in [-0.15, -0.1) is 0 Å². The second-order valence-electron chi connectivity index (χ2n) is 5.36. The first-order valence-electron chi connectivity index (χ1n) is 7.10. The number of hydrogen-bond acceptors (Lipinski definition) is 3. The number of pyridine rings is 1. The molecule has 0 saturated carbocycles. The van der Waals surface area contributed by atoms with Crippen molar-refractivity contribution in [3.63, 3.8) is 0 Å². The molecular formula is C17H19N3O2. The molecule has 1 aromatic carbocycles. The third-order valence-electron chi connectivity index (χ3n) is 3.08. The number of nitrogens with one attached hydrogen (secondary N) is 2. The van der Waals surface area contributed by atoms with Crippen molar-refractivity contribution in [1.82, 2.24) is 10.3 Å². The molecule has 1 aromatic heterocycles. The zero-order chi connectivity index (χ0) is 16.1. The van der Waals surface area contributed by atoms with Crippen LogP contribution in [-0.2, 0) is 0 Å². The van der Waals surface area contributed by atoms with Gasteiger partial charge in [0.05, 0.1) is 11.1 Å². The first-order chi connectivity index (χ1) is 10.5. The number of benzene rings is 1. The molecule has 2 N–H and O–H groups in total. The Balaban J connectivity index is 2.17. The fourth-order valence-electron chi connectivity index (χ4n) is 1.94. The highest BCUT2D eigenvalue weighted by Crippen LogP contribution is 2.14. The van der Waals surface area contributed by atoms with Crippen LogP contribution in [0.15, 0.2) is 42.7 Å². The fourth-order valence-corrected chi connectivity index (χ4v) is 1.94. The molecule has 0 atom stereocenters. The van der Waals surface area contributed by atoms with Crippen LogP contribution in [0, 0.1) is 6.92 Å². The minimum Gasteiger partial charge on any atom is -0.350 e. The summed E-state index contributed by atoms with van der Waals surface area (Å²) >= 11 is 0. The Morgan fingerprint density at radius 1 is 1.05 bits per heavy atom. The van der Waals surface area contributed by atoms with Gasteiger partial charge in [0.1, 0.15) is 0 Å². The Morgan fingerprint density at radius 3 is 2.32 bits per heavy atom. The van der Waals surface area contributed by atoms with Crippen molar-refractivity contribution in [2.45, 2.75) is 26.8 Å². The van der Waals surface area contributed by atoms with Crippen LogP contribution < -0.4 is 10.6 Å². The summed E-state index contributed by atoms with van der Waals surface area (Å²) in [6, 6.07) is 9.07. The molecule has 0 radical (unpaired) electrons. The van der Waals surface area contributed by atoms with Gasteiger partial charge in [0.25, 0.3) is 11.8 Å². The van der Waals surface area contributed by atoms with Gasteiger partial charge in [0, 0.05) is 24.1 Å². The van der Waals surface area contributed by atoms with E-state index in [4.69, 9.17) is 0 Å².